The fourth-order valence-corrected chi connectivity index (χ4v) is 3.20. The van der Waals surface area contributed by atoms with Gasteiger partial charge in [0.25, 0.3) is 11.8 Å². The van der Waals surface area contributed by atoms with Crippen LogP contribution in [0.4, 0.5) is 0 Å². The number of methoxy groups -OCH3 is 3. The smallest absolute Gasteiger partial charge is 0.261 e. The third-order valence-electron chi connectivity index (χ3n) is 4.63. The van der Waals surface area contributed by atoms with Gasteiger partial charge in [-0.1, -0.05) is 36.4 Å². The number of carbonyl (C=O) groups is 2. The number of carbonyl (C=O) groups excluding carboxylic acids is 2. The van der Waals surface area contributed by atoms with E-state index in [-0.39, 0.29) is 11.8 Å². The summed E-state index contributed by atoms with van der Waals surface area (Å²) in [6, 6.07) is 12.8. The summed E-state index contributed by atoms with van der Waals surface area (Å²) in [6.45, 7) is 0.355. The van der Waals surface area contributed by atoms with Crippen molar-refractivity contribution in [3.8, 4) is 17.2 Å². The maximum atomic E-state index is 12.8. The van der Waals surface area contributed by atoms with E-state index in [1.54, 1.807) is 18.2 Å². The van der Waals surface area contributed by atoms with Gasteiger partial charge in [0.1, 0.15) is 0 Å². The summed E-state index contributed by atoms with van der Waals surface area (Å²) in [6.07, 6.45) is 5.51. The first kappa shape index (κ1) is 20.2. The minimum atomic E-state index is -0.370. The first-order chi connectivity index (χ1) is 14.1. The van der Waals surface area contributed by atoms with E-state index in [2.05, 4.69) is 0 Å². The van der Waals surface area contributed by atoms with E-state index in [9.17, 15) is 9.59 Å². The van der Waals surface area contributed by atoms with E-state index in [1.807, 2.05) is 36.4 Å². The highest BCUT2D eigenvalue weighted by Crippen LogP contribution is 2.38. The zero-order chi connectivity index (χ0) is 20.8. The van der Waals surface area contributed by atoms with E-state index < -0.39 is 0 Å². The third kappa shape index (κ3) is 4.32. The van der Waals surface area contributed by atoms with E-state index in [4.69, 9.17) is 14.2 Å². The van der Waals surface area contributed by atoms with Crippen molar-refractivity contribution < 1.29 is 23.8 Å². The topological polar surface area (TPSA) is 65.1 Å². The molecular formula is C23H23NO5. The van der Waals surface area contributed by atoms with Crippen molar-refractivity contribution in [1.29, 1.82) is 0 Å². The molecule has 0 saturated carbocycles. The summed E-state index contributed by atoms with van der Waals surface area (Å²) < 4.78 is 16.0. The van der Waals surface area contributed by atoms with Crippen LogP contribution in [0.2, 0.25) is 0 Å². The summed E-state index contributed by atoms with van der Waals surface area (Å²) >= 11 is 0. The van der Waals surface area contributed by atoms with Crippen LogP contribution in [0.3, 0.4) is 0 Å². The molecule has 0 unspecified atom stereocenters. The quantitative estimate of drug-likeness (QED) is 0.702. The molecule has 1 heterocycles. The second-order valence-electron chi connectivity index (χ2n) is 6.36. The first-order valence-electron chi connectivity index (χ1n) is 9.18. The maximum Gasteiger partial charge on any atom is 0.261 e. The SMILES string of the molecule is COc1cc(/C=C/C(=O)N2CCC=C(c3ccccc3)C2=O)cc(OC)c1OC. The van der Waals surface area contributed by atoms with Gasteiger partial charge in [0.2, 0.25) is 5.75 Å². The molecule has 0 aliphatic carbocycles. The Hall–Kier alpha value is -3.54. The van der Waals surface area contributed by atoms with Gasteiger partial charge in [0.15, 0.2) is 11.5 Å². The molecule has 150 valence electrons. The number of hydrogen-bond donors (Lipinski definition) is 0. The van der Waals surface area contributed by atoms with Crippen LogP contribution in [0.5, 0.6) is 17.2 Å². The second kappa shape index (κ2) is 9.10. The van der Waals surface area contributed by atoms with Crippen molar-refractivity contribution in [3.63, 3.8) is 0 Å². The van der Waals surface area contributed by atoms with Crippen LogP contribution in [0.15, 0.2) is 54.6 Å². The molecule has 0 N–H and O–H groups in total. The number of benzene rings is 2. The van der Waals surface area contributed by atoms with Gasteiger partial charge in [-0.2, -0.15) is 0 Å². The van der Waals surface area contributed by atoms with Crippen molar-refractivity contribution in [3.05, 3.63) is 65.7 Å². The van der Waals surface area contributed by atoms with Crippen LogP contribution in [0.25, 0.3) is 11.6 Å². The highest BCUT2D eigenvalue weighted by molar-refractivity contribution is 6.25. The summed E-state index contributed by atoms with van der Waals surface area (Å²) in [5.41, 5.74) is 2.05. The molecule has 2 aromatic rings. The molecule has 0 bridgehead atoms. The van der Waals surface area contributed by atoms with Crippen LogP contribution >= 0.6 is 0 Å². The minimum absolute atomic E-state index is 0.290. The number of rotatable bonds is 6. The van der Waals surface area contributed by atoms with E-state index >= 15 is 0 Å². The largest absolute Gasteiger partial charge is 0.493 e. The Balaban J connectivity index is 1.81. The lowest BCUT2D eigenvalue weighted by Gasteiger charge is -2.24. The van der Waals surface area contributed by atoms with Crippen molar-refractivity contribution in [2.45, 2.75) is 6.42 Å². The molecule has 1 aliphatic rings. The Kier molecular flexibility index (Phi) is 6.34. The fraction of sp³-hybridized carbons (Fsp3) is 0.217. The van der Waals surface area contributed by atoms with Crippen LogP contribution < -0.4 is 14.2 Å². The van der Waals surface area contributed by atoms with Crippen LogP contribution in [-0.4, -0.2) is 44.6 Å². The summed E-state index contributed by atoms with van der Waals surface area (Å²) in [5.74, 6) is 0.791. The summed E-state index contributed by atoms with van der Waals surface area (Å²) in [5, 5.41) is 0. The highest BCUT2D eigenvalue weighted by atomic mass is 16.5. The number of nitrogens with zero attached hydrogens (tertiary/aromatic N) is 1. The Labute approximate surface area is 170 Å². The van der Waals surface area contributed by atoms with Crippen LogP contribution in [0, 0.1) is 0 Å². The average Bonchev–Trinajstić information content (AvgIpc) is 2.77. The molecule has 2 amide bonds. The second-order valence-corrected chi connectivity index (χ2v) is 6.36. The molecule has 6 nitrogen and oxygen atoms in total. The van der Waals surface area contributed by atoms with Gasteiger partial charge in [0, 0.05) is 18.2 Å². The van der Waals surface area contributed by atoms with Crippen LogP contribution in [-0.2, 0) is 9.59 Å². The molecular weight excluding hydrogens is 370 g/mol. The lowest BCUT2D eigenvalue weighted by Crippen LogP contribution is -2.39. The zero-order valence-electron chi connectivity index (χ0n) is 16.7. The molecule has 1 aliphatic heterocycles. The monoisotopic (exact) mass is 393 g/mol. The first-order valence-corrected chi connectivity index (χ1v) is 9.18. The Morgan fingerprint density at radius 3 is 2.24 bits per heavy atom. The summed E-state index contributed by atoms with van der Waals surface area (Å²) in [7, 11) is 4.58. The van der Waals surface area contributed by atoms with Gasteiger partial charge in [-0.3, -0.25) is 14.5 Å². The molecule has 3 rings (SSSR count). The van der Waals surface area contributed by atoms with Gasteiger partial charge in [-0.05, 0) is 35.8 Å². The van der Waals surface area contributed by atoms with E-state index in [0.29, 0.717) is 41.4 Å². The molecule has 0 fully saturated rings. The van der Waals surface area contributed by atoms with Gasteiger partial charge < -0.3 is 14.2 Å². The molecule has 29 heavy (non-hydrogen) atoms. The Morgan fingerprint density at radius 2 is 1.66 bits per heavy atom. The van der Waals surface area contributed by atoms with Crippen molar-refractivity contribution in [2.24, 2.45) is 0 Å². The normalized spacial score (nSPS) is 14.0. The number of hydrogen-bond acceptors (Lipinski definition) is 5. The number of amides is 2. The van der Waals surface area contributed by atoms with Crippen molar-refractivity contribution in [1.82, 2.24) is 4.90 Å². The Morgan fingerprint density at radius 1 is 1.00 bits per heavy atom. The lowest BCUT2D eigenvalue weighted by molar-refractivity contribution is -0.138. The molecule has 0 atom stereocenters. The number of imide groups is 1. The van der Waals surface area contributed by atoms with E-state index in [1.165, 1.54) is 32.3 Å². The molecule has 0 saturated heterocycles. The molecule has 0 radical (unpaired) electrons. The van der Waals surface area contributed by atoms with Crippen molar-refractivity contribution in [2.75, 3.05) is 27.9 Å². The Bertz CT molecular complexity index is 937. The van der Waals surface area contributed by atoms with Crippen LogP contribution in [0.1, 0.15) is 17.5 Å². The lowest BCUT2D eigenvalue weighted by atomic mass is 10.0. The van der Waals surface area contributed by atoms with Gasteiger partial charge >= 0.3 is 0 Å². The van der Waals surface area contributed by atoms with Gasteiger partial charge in [-0.25, -0.2) is 0 Å². The van der Waals surface area contributed by atoms with E-state index in [0.717, 1.165) is 5.56 Å². The third-order valence-corrected chi connectivity index (χ3v) is 4.63. The molecule has 6 heteroatoms. The molecule has 0 spiro atoms. The predicted molar refractivity (Wildman–Crippen MR) is 111 cm³/mol. The van der Waals surface area contributed by atoms with Gasteiger partial charge in [-0.15, -0.1) is 0 Å². The highest BCUT2D eigenvalue weighted by Gasteiger charge is 2.26. The number of ether oxygens (including phenoxy) is 3. The summed E-state index contributed by atoms with van der Waals surface area (Å²) in [4.78, 5) is 26.8. The maximum absolute atomic E-state index is 12.8. The average molecular weight is 393 g/mol. The molecule has 0 aromatic heterocycles. The van der Waals surface area contributed by atoms with Crippen molar-refractivity contribution >= 4 is 23.5 Å². The molecule has 2 aromatic carbocycles. The minimum Gasteiger partial charge on any atom is -0.493 e. The fourth-order valence-electron chi connectivity index (χ4n) is 3.20. The van der Waals surface area contributed by atoms with Gasteiger partial charge in [0.05, 0.1) is 21.3 Å². The zero-order valence-corrected chi connectivity index (χ0v) is 16.7. The standard InChI is InChI=1S/C23H23NO5/c1-27-19-14-16(15-20(28-2)22(19)29-3)11-12-21(25)24-13-7-10-18(23(24)26)17-8-5-4-6-9-17/h4-6,8-12,14-15H,7,13H2,1-3H3/b12-11+. The predicted octanol–water partition coefficient (Wildman–Crippen LogP) is 3.57.